The molecule has 16 heavy (non-hydrogen) atoms. The molecule has 0 aromatic carbocycles. The van der Waals surface area contributed by atoms with Gasteiger partial charge in [0.2, 0.25) is 5.91 Å². The van der Waals surface area contributed by atoms with E-state index in [1.54, 1.807) is 6.08 Å². The molecule has 1 fully saturated rings. The fourth-order valence-electron chi connectivity index (χ4n) is 2.06. The first kappa shape index (κ1) is 13.9. The second kappa shape index (κ2) is 4.97. The van der Waals surface area contributed by atoms with Gasteiger partial charge in [0.1, 0.15) is 4.49 Å². The van der Waals surface area contributed by atoms with Crippen molar-refractivity contribution in [2.24, 2.45) is 17.3 Å². The Morgan fingerprint density at radius 2 is 2.06 bits per heavy atom. The van der Waals surface area contributed by atoms with Crippen LogP contribution >= 0.6 is 23.2 Å². The second-order valence-electron chi connectivity index (χ2n) is 5.10. The van der Waals surface area contributed by atoms with Gasteiger partial charge in [-0.1, -0.05) is 44.0 Å². The van der Waals surface area contributed by atoms with Crippen LogP contribution in [-0.2, 0) is 4.79 Å². The van der Waals surface area contributed by atoms with Gasteiger partial charge in [0, 0.05) is 6.04 Å². The summed E-state index contributed by atoms with van der Waals surface area (Å²) in [7, 11) is 0. The predicted octanol–water partition coefficient (Wildman–Crippen LogP) is 3.49. The third kappa shape index (κ3) is 2.92. The van der Waals surface area contributed by atoms with Gasteiger partial charge in [-0.3, -0.25) is 4.79 Å². The molecular formula is C12H19Cl2NO. The van der Waals surface area contributed by atoms with Crippen LogP contribution in [0.25, 0.3) is 0 Å². The van der Waals surface area contributed by atoms with E-state index in [1.807, 2.05) is 6.92 Å². The highest BCUT2D eigenvalue weighted by Gasteiger charge is 2.60. The standard InChI is InChI=1S/C12H19Cl2NO/c1-5-7(2)15-11(16)10-8(6-9(13)14)12(10,3)4/h6-8,10H,5H2,1-4H3,(H,15,16). The summed E-state index contributed by atoms with van der Waals surface area (Å²) in [6, 6.07) is 0.222. The van der Waals surface area contributed by atoms with Crippen molar-refractivity contribution in [3.05, 3.63) is 10.6 Å². The van der Waals surface area contributed by atoms with Crippen molar-refractivity contribution < 1.29 is 4.79 Å². The molecule has 0 aliphatic heterocycles. The van der Waals surface area contributed by atoms with Gasteiger partial charge in [-0.05, 0) is 30.8 Å². The fraction of sp³-hybridized carbons (Fsp3) is 0.750. The number of carbonyl (C=O) groups excluding carboxylic acids is 1. The van der Waals surface area contributed by atoms with E-state index in [1.165, 1.54) is 0 Å². The van der Waals surface area contributed by atoms with Crippen LogP contribution < -0.4 is 5.32 Å². The number of carbonyl (C=O) groups is 1. The third-order valence-electron chi connectivity index (χ3n) is 3.50. The first-order valence-electron chi connectivity index (χ1n) is 5.63. The zero-order valence-corrected chi connectivity index (χ0v) is 11.7. The highest BCUT2D eigenvalue weighted by atomic mass is 35.5. The summed E-state index contributed by atoms with van der Waals surface area (Å²) in [5.74, 6) is 0.255. The van der Waals surface area contributed by atoms with Crippen molar-refractivity contribution in [1.29, 1.82) is 0 Å². The first-order chi connectivity index (χ1) is 7.30. The van der Waals surface area contributed by atoms with E-state index in [4.69, 9.17) is 23.2 Å². The lowest BCUT2D eigenvalue weighted by atomic mass is 10.1. The molecule has 92 valence electrons. The second-order valence-corrected chi connectivity index (χ2v) is 6.11. The lowest BCUT2D eigenvalue weighted by Gasteiger charge is -2.11. The van der Waals surface area contributed by atoms with Gasteiger partial charge in [0.25, 0.3) is 0 Å². The monoisotopic (exact) mass is 263 g/mol. The highest BCUT2D eigenvalue weighted by molar-refractivity contribution is 6.55. The van der Waals surface area contributed by atoms with Gasteiger partial charge in [0.15, 0.2) is 0 Å². The van der Waals surface area contributed by atoms with Crippen LogP contribution in [-0.4, -0.2) is 11.9 Å². The van der Waals surface area contributed by atoms with Gasteiger partial charge in [-0.15, -0.1) is 0 Å². The molecule has 3 unspecified atom stereocenters. The van der Waals surface area contributed by atoms with Crippen LogP contribution in [0.1, 0.15) is 34.1 Å². The predicted molar refractivity (Wildman–Crippen MR) is 68.4 cm³/mol. The van der Waals surface area contributed by atoms with E-state index in [9.17, 15) is 4.79 Å². The van der Waals surface area contributed by atoms with E-state index >= 15 is 0 Å². The average Bonchev–Trinajstić information content (AvgIpc) is 2.66. The molecule has 0 spiro atoms. The molecule has 0 bridgehead atoms. The largest absolute Gasteiger partial charge is 0.353 e. The highest BCUT2D eigenvalue weighted by Crippen LogP contribution is 2.59. The van der Waals surface area contributed by atoms with Gasteiger partial charge >= 0.3 is 0 Å². The number of nitrogens with one attached hydrogen (secondary N) is 1. The fourth-order valence-corrected chi connectivity index (χ4v) is 2.33. The number of amides is 1. The maximum atomic E-state index is 12.0. The minimum Gasteiger partial charge on any atom is -0.353 e. The van der Waals surface area contributed by atoms with Crippen molar-refractivity contribution in [2.45, 2.75) is 40.2 Å². The molecule has 1 aliphatic carbocycles. The molecule has 0 saturated heterocycles. The summed E-state index contributed by atoms with van der Waals surface area (Å²) in [5.41, 5.74) is -0.0351. The molecule has 0 heterocycles. The Balaban J connectivity index is 2.63. The molecule has 3 atom stereocenters. The van der Waals surface area contributed by atoms with Crippen molar-refractivity contribution >= 4 is 29.1 Å². The molecule has 1 rings (SSSR count). The average molecular weight is 264 g/mol. The zero-order valence-electron chi connectivity index (χ0n) is 10.2. The van der Waals surface area contributed by atoms with Crippen LogP contribution in [0.3, 0.4) is 0 Å². The van der Waals surface area contributed by atoms with Crippen LogP contribution in [0.2, 0.25) is 0 Å². The van der Waals surface area contributed by atoms with E-state index in [2.05, 4.69) is 26.1 Å². The number of hydrogen-bond acceptors (Lipinski definition) is 1. The van der Waals surface area contributed by atoms with E-state index < -0.39 is 0 Å². The van der Waals surface area contributed by atoms with Crippen molar-refractivity contribution in [2.75, 3.05) is 0 Å². The van der Waals surface area contributed by atoms with Gasteiger partial charge < -0.3 is 5.32 Å². The van der Waals surface area contributed by atoms with E-state index in [0.29, 0.717) is 0 Å². The summed E-state index contributed by atoms with van der Waals surface area (Å²) in [6.45, 7) is 8.18. The van der Waals surface area contributed by atoms with Crippen LogP contribution in [0.5, 0.6) is 0 Å². The van der Waals surface area contributed by atoms with Gasteiger partial charge in [-0.25, -0.2) is 0 Å². The van der Waals surface area contributed by atoms with Gasteiger partial charge in [0.05, 0.1) is 5.92 Å². The molecule has 0 aromatic heterocycles. The molecular weight excluding hydrogens is 245 g/mol. The lowest BCUT2D eigenvalue weighted by molar-refractivity contribution is -0.123. The minimum absolute atomic E-state index is 0.00556. The maximum Gasteiger partial charge on any atom is 0.224 e. The van der Waals surface area contributed by atoms with Crippen molar-refractivity contribution in [3.63, 3.8) is 0 Å². The Hall–Kier alpha value is -0.210. The Bertz CT molecular complexity index is 308. The van der Waals surface area contributed by atoms with Gasteiger partial charge in [-0.2, -0.15) is 0 Å². The van der Waals surface area contributed by atoms with Crippen molar-refractivity contribution in [3.8, 4) is 0 Å². The molecule has 0 radical (unpaired) electrons. The summed E-state index contributed by atoms with van der Waals surface area (Å²) in [5, 5.41) is 3.00. The van der Waals surface area contributed by atoms with Crippen LogP contribution in [0.15, 0.2) is 10.6 Å². The number of hydrogen-bond donors (Lipinski definition) is 1. The van der Waals surface area contributed by atoms with E-state index in [-0.39, 0.29) is 33.7 Å². The smallest absolute Gasteiger partial charge is 0.224 e. The molecule has 4 heteroatoms. The lowest BCUT2D eigenvalue weighted by Crippen LogP contribution is -2.34. The zero-order chi connectivity index (χ0) is 12.5. The number of allylic oxidation sites excluding steroid dienone is 1. The molecule has 2 nitrogen and oxygen atoms in total. The topological polar surface area (TPSA) is 29.1 Å². The summed E-state index contributed by atoms with van der Waals surface area (Å²) < 4.78 is 0.247. The minimum atomic E-state index is -0.0351. The number of rotatable bonds is 4. The maximum absolute atomic E-state index is 12.0. The van der Waals surface area contributed by atoms with E-state index in [0.717, 1.165) is 6.42 Å². The van der Waals surface area contributed by atoms with Crippen molar-refractivity contribution in [1.82, 2.24) is 5.32 Å². The summed E-state index contributed by atoms with van der Waals surface area (Å²) in [4.78, 5) is 12.0. The molecule has 1 amide bonds. The molecule has 1 N–H and O–H groups in total. The summed E-state index contributed by atoms with van der Waals surface area (Å²) >= 11 is 11.3. The molecule has 1 saturated carbocycles. The Morgan fingerprint density at radius 1 is 1.50 bits per heavy atom. The van der Waals surface area contributed by atoms with Crippen LogP contribution in [0.4, 0.5) is 0 Å². The molecule has 0 aromatic rings. The number of halogens is 2. The summed E-state index contributed by atoms with van der Waals surface area (Å²) in [6.07, 6.45) is 2.71. The SMILES string of the molecule is CCC(C)NC(=O)C1C(C=C(Cl)Cl)C1(C)C. The Labute approximate surface area is 107 Å². The molecule has 1 aliphatic rings. The Kier molecular flexibility index (Phi) is 4.30. The quantitative estimate of drug-likeness (QED) is 0.827. The third-order valence-corrected chi connectivity index (χ3v) is 3.75. The first-order valence-corrected chi connectivity index (χ1v) is 6.39. The normalized spacial score (nSPS) is 28.1. The Morgan fingerprint density at radius 3 is 2.50 bits per heavy atom. The van der Waals surface area contributed by atoms with Crippen LogP contribution in [0, 0.1) is 17.3 Å².